The highest BCUT2D eigenvalue weighted by Crippen LogP contribution is 2.26. The zero-order valence-corrected chi connectivity index (χ0v) is 21.3. The second-order valence-electron chi connectivity index (χ2n) is 9.51. The van der Waals surface area contributed by atoms with Crippen LogP contribution in [0.3, 0.4) is 0 Å². The molecular weight excluding hydrogens is 428 g/mol. The first-order valence-corrected chi connectivity index (χ1v) is 13.7. The highest BCUT2D eigenvalue weighted by Gasteiger charge is 2.21. The minimum Gasteiger partial charge on any atom is -0.486 e. The largest absolute Gasteiger partial charge is 0.486 e. The molecule has 0 unspecified atom stereocenters. The number of hydrogen-bond donors (Lipinski definition) is 0. The predicted molar refractivity (Wildman–Crippen MR) is 130 cm³/mol. The van der Waals surface area contributed by atoms with E-state index < -0.39 is 9.84 Å². The molecule has 0 bridgehead atoms. The van der Waals surface area contributed by atoms with Crippen molar-refractivity contribution in [3.8, 4) is 5.75 Å². The van der Waals surface area contributed by atoms with Crippen LogP contribution < -0.4 is 4.74 Å². The Hall–Kier alpha value is -1.66. The summed E-state index contributed by atoms with van der Waals surface area (Å²) >= 11 is 1.64. The summed E-state index contributed by atoms with van der Waals surface area (Å²) in [6.07, 6.45) is 6.66. The first-order chi connectivity index (χ1) is 14.3. The number of Topliss-reactive ketones (excluding diaryl/α,β-unsaturated/α-hetero) is 1. The number of aryl methyl sites for hydroxylation is 4. The van der Waals surface area contributed by atoms with Gasteiger partial charge in [0.25, 0.3) is 0 Å². The van der Waals surface area contributed by atoms with Gasteiger partial charge in [-0.15, -0.1) is 11.3 Å². The molecule has 0 amide bonds. The van der Waals surface area contributed by atoms with Crippen molar-refractivity contribution < 1.29 is 17.9 Å². The normalized spacial score (nSPS) is 12.2. The number of benzene rings is 1. The van der Waals surface area contributed by atoms with Gasteiger partial charge in [0.1, 0.15) is 12.4 Å². The SMILES string of the molecule is Cc1cc(CCCCCc2cc(C)c(CS(C)(=O)=O)s2)ccc1OCC(=O)C(C)(C)C. The number of ketones is 1. The molecule has 0 saturated heterocycles. The van der Waals surface area contributed by atoms with Crippen molar-refractivity contribution in [1.29, 1.82) is 0 Å². The molecular formula is C25H36O4S2. The van der Waals surface area contributed by atoms with Crippen molar-refractivity contribution in [2.45, 2.75) is 72.5 Å². The van der Waals surface area contributed by atoms with Crippen molar-refractivity contribution in [3.63, 3.8) is 0 Å². The van der Waals surface area contributed by atoms with Crippen molar-refractivity contribution in [2.75, 3.05) is 12.9 Å². The van der Waals surface area contributed by atoms with E-state index in [-0.39, 0.29) is 23.6 Å². The Bertz CT molecular complexity index is 995. The molecule has 6 heteroatoms. The highest BCUT2D eigenvalue weighted by molar-refractivity contribution is 7.90. The zero-order chi connectivity index (χ0) is 23.2. The van der Waals surface area contributed by atoms with Crippen LogP contribution in [0.2, 0.25) is 0 Å². The fraction of sp³-hybridized carbons (Fsp3) is 0.560. The second-order valence-corrected chi connectivity index (χ2v) is 12.9. The van der Waals surface area contributed by atoms with E-state index in [2.05, 4.69) is 18.2 Å². The van der Waals surface area contributed by atoms with Gasteiger partial charge in [-0.1, -0.05) is 39.3 Å². The molecule has 1 aromatic carbocycles. The highest BCUT2D eigenvalue weighted by atomic mass is 32.2. The molecule has 1 aromatic heterocycles. The van der Waals surface area contributed by atoms with Gasteiger partial charge in [0.05, 0.1) is 5.75 Å². The molecule has 0 atom stereocenters. The minimum atomic E-state index is -2.98. The Labute approximate surface area is 192 Å². The first-order valence-electron chi connectivity index (χ1n) is 10.9. The van der Waals surface area contributed by atoms with Gasteiger partial charge in [0.15, 0.2) is 15.6 Å². The minimum absolute atomic E-state index is 0.0975. The number of sulfone groups is 1. The van der Waals surface area contributed by atoms with E-state index in [9.17, 15) is 13.2 Å². The molecule has 0 fully saturated rings. The molecule has 31 heavy (non-hydrogen) atoms. The van der Waals surface area contributed by atoms with Gasteiger partial charge in [-0.2, -0.15) is 0 Å². The molecule has 0 aliphatic heterocycles. The number of carbonyl (C=O) groups excluding carboxylic acids is 1. The summed E-state index contributed by atoms with van der Waals surface area (Å²) in [6.45, 7) is 9.84. The molecule has 0 saturated carbocycles. The van der Waals surface area contributed by atoms with E-state index in [0.29, 0.717) is 0 Å². The maximum absolute atomic E-state index is 12.1. The summed E-state index contributed by atoms with van der Waals surface area (Å²) in [5.74, 6) is 1.02. The Morgan fingerprint density at radius 1 is 1.00 bits per heavy atom. The fourth-order valence-electron chi connectivity index (χ4n) is 3.29. The Morgan fingerprint density at radius 2 is 1.68 bits per heavy atom. The van der Waals surface area contributed by atoms with E-state index in [4.69, 9.17) is 4.74 Å². The van der Waals surface area contributed by atoms with E-state index in [1.54, 1.807) is 11.3 Å². The van der Waals surface area contributed by atoms with Crippen LogP contribution in [0.25, 0.3) is 0 Å². The average Bonchev–Trinajstić information content (AvgIpc) is 2.97. The smallest absolute Gasteiger partial charge is 0.175 e. The van der Waals surface area contributed by atoms with Gasteiger partial charge < -0.3 is 4.74 Å². The van der Waals surface area contributed by atoms with E-state index in [1.807, 2.05) is 40.7 Å². The number of rotatable bonds is 11. The first kappa shape index (κ1) is 25.6. The van der Waals surface area contributed by atoms with Crippen molar-refractivity contribution in [1.82, 2.24) is 0 Å². The standard InChI is InChI=1S/C25H36O4S2/c1-18-14-20(12-13-22(18)29-16-24(26)25(3,4)5)10-8-7-9-11-21-15-19(2)23(30-21)17-31(6,27)28/h12-15H,7-11,16-17H2,1-6H3. The Kier molecular flexibility index (Phi) is 8.90. The quantitative estimate of drug-likeness (QED) is 0.391. The summed E-state index contributed by atoms with van der Waals surface area (Å²) in [5, 5.41) is 0. The van der Waals surface area contributed by atoms with Crippen molar-refractivity contribution in [3.05, 3.63) is 50.7 Å². The number of unbranched alkanes of at least 4 members (excludes halogenated alkanes) is 2. The average molecular weight is 465 g/mol. The lowest BCUT2D eigenvalue weighted by Gasteiger charge is -2.17. The number of carbonyl (C=O) groups is 1. The third-order valence-corrected chi connectivity index (χ3v) is 7.58. The van der Waals surface area contributed by atoms with Gasteiger partial charge in [0.2, 0.25) is 0 Å². The summed E-state index contributed by atoms with van der Waals surface area (Å²) < 4.78 is 28.8. The van der Waals surface area contributed by atoms with Crippen LogP contribution in [0.15, 0.2) is 24.3 Å². The summed E-state index contributed by atoms with van der Waals surface area (Å²) in [4.78, 5) is 14.3. The Morgan fingerprint density at radius 3 is 2.29 bits per heavy atom. The Balaban J connectivity index is 1.76. The third kappa shape index (κ3) is 8.77. The molecule has 0 aliphatic rings. The second kappa shape index (κ2) is 10.8. The van der Waals surface area contributed by atoms with Crippen LogP contribution in [-0.2, 0) is 33.2 Å². The van der Waals surface area contributed by atoms with Gasteiger partial charge in [0, 0.05) is 21.4 Å². The lowest BCUT2D eigenvalue weighted by Crippen LogP contribution is -2.26. The van der Waals surface area contributed by atoms with Crippen LogP contribution in [-0.4, -0.2) is 27.1 Å². The molecule has 0 radical (unpaired) electrons. The molecule has 2 rings (SSSR count). The van der Waals surface area contributed by atoms with E-state index in [0.717, 1.165) is 53.9 Å². The van der Waals surface area contributed by atoms with Gasteiger partial charge in [-0.05, 0) is 68.4 Å². The maximum atomic E-state index is 12.1. The number of thiophene rings is 1. The van der Waals surface area contributed by atoms with E-state index >= 15 is 0 Å². The molecule has 2 aromatic rings. The van der Waals surface area contributed by atoms with Gasteiger partial charge in [-0.25, -0.2) is 8.42 Å². The summed E-state index contributed by atoms with van der Waals surface area (Å²) in [5.41, 5.74) is 3.05. The molecule has 1 heterocycles. The lowest BCUT2D eigenvalue weighted by atomic mass is 9.91. The van der Waals surface area contributed by atoms with Crippen LogP contribution in [0, 0.1) is 19.3 Å². The molecule has 172 valence electrons. The topological polar surface area (TPSA) is 60.4 Å². The number of ether oxygens (including phenoxy) is 1. The van der Waals surface area contributed by atoms with Crippen LogP contribution in [0.5, 0.6) is 5.75 Å². The van der Waals surface area contributed by atoms with Gasteiger partial charge in [-0.3, -0.25) is 4.79 Å². The molecule has 0 aliphatic carbocycles. The summed E-state index contributed by atoms with van der Waals surface area (Å²) in [6, 6.07) is 8.34. The van der Waals surface area contributed by atoms with Crippen LogP contribution >= 0.6 is 11.3 Å². The lowest BCUT2D eigenvalue weighted by molar-refractivity contribution is -0.128. The number of hydrogen-bond acceptors (Lipinski definition) is 5. The van der Waals surface area contributed by atoms with Gasteiger partial charge >= 0.3 is 0 Å². The van der Waals surface area contributed by atoms with E-state index in [1.165, 1.54) is 16.7 Å². The molecule has 4 nitrogen and oxygen atoms in total. The zero-order valence-electron chi connectivity index (χ0n) is 19.7. The maximum Gasteiger partial charge on any atom is 0.175 e. The van der Waals surface area contributed by atoms with Crippen LogP contribution in [0.4, 0.5) is 0 Å². The molecule has 0 spiro atoms. The van der Waals surface area contributed by atoms with Crippen molar-refractivity contribution in [2.24, 2.45) is 5.41 Å². The fourth-order valence-corrected chi connectivity index (χ4v) is 5.89. The molecule has 0 N–H and O–H groups in total. The van der Waals surface area contributed by atoms with Crippen LogP contribution in [0.1, 0.15) is 66.5 Å². The third-order valence-electron chi connectivity index (χ3n) is 5.29. The monoisotopic (exact) mass is 464 g/mol. The summed E-state index contributed by atoms with van der Waals surface area (Å²) in [7, 11) is -2.98. The van der Waals surface area contributed by atoms with Crippen molar-refractivity contribution >= 4 is 27.0 Å². The predicted octanol–water partition coefficient (Wildman–Crippen LogP) is 5.86.